The van der Waals surface area contributed by atoms with Crippen molar-refractivity contribution in [2.45, 2.75) is 58.2 Å². The molecule has 0 radical (unpaired) electrons. The second kappa shape index (κ2) is 16.8. The van der Waals surface area contributed by atoms with Gasteiger partial charge in [0.1, 0.15) is 24.2 Å². The van der Waals surface area contributed by atoms with Gasteiger partial charge < -0.3 is 35.1 Å². The van der Waals surface area contributed by atoms with E-state index in [4.69, 9.17) is 4.98 Å². The van der Waals surface area contributed by atoms with Gasteiger partial charge in [-0.3, -0.25) is 14.4 Å². The minimum Gasteiger partial charge on any atom is -0.453 e. The number of ether oxygens (including phenoxy) is 1. The van der Waals surface area contributed by atoms with Crippen molar-refractivity contribution in [2.24, 2.45) is 0 Å². The first-order valence-electron chi connectivity index (χ1n) is 18.9. The Morgan fingerprint density at radius 1 is 0.946 bits per heavy atom. The van der Waals surface area contributed by atoms with Crippen molar-refractivity contribution >= 4 is 56.7 Å². The Morgan fingerprint density at radius 3 is 2.50 bits per heavy atom. The number of carbonyl (C=O) groups excluding carboxylic acids is 4. The van der Waals surface area contributed by atoms with E-state index in [2.05, 4.69) is 42.2 Å². The summed E-state index contributed by atoms with van der Waals surface area (Å²) < 4.78 is 4.57. The molecule has 6 aromatic rings. The molecule has 13 heteroatoms. The highest BCUT2D eigenvalue weighted by molar-refractivity contribution is 6.04. The first kappa shape index (κ1) is 37.6. The number of benzene rings is 4. The molecule has 7 rings (SSSR count). The van der Waals surface area contributed by atoms with Crippen molar-refractivity contribution in [1.29, 1.82) is 0 Å². The molecule has 0 saturated carbocycles. The van der Waals surface area contributed by atoms with Crippen molar-refractivity contribution in [3.63, 3.8) is 0 Å². The zero-order chi connectivity index (χ0) is 39.2. The number of hydrogen-bond donors (Lipinski definition) is 4. The molecule has 0 aliphatic carbocycles. The molecule has 1 saturated heterocycles. The Labute approximate surface area is 324 Å². The van der Waals surface area contributed by atoms with Crippen molar-refractivity contribution < 1.29 is 23.9 Å². The SMILES string of the molecule is CCCN(Cc1nc2ccc(C#Cc3ccc4c(ccc5[nH]c(C6CCCCN6C(=O)C(NC(C)=O)c6ccccc6)nc54)c3)cc2[nH]1)C(=O)CNC(=O)OC. The van der Waals surface area contributed by atoms with E-state index in [1.807, 2.05) is 90.7 Å². The van der Waals surface area contributed by atoms with Crippen LogP contribution in [0.1, 0.15) is 80.0 Å². The van der Waals surface area contributed by atoms with Crippen LogP contribution >= 0.6 is 0 Å². The number of nitrogens with zero attached hydrogens (tertiary/aromatic N) is 4. The number of alkyl carbamates (subject to hydrolysis) is 1. The third-order valence-corrected chi connectivity index (χ3v) is 9.95. The fourth-order valence-electron chi connectivity index (χ4n) is 7.27. The topological polar surface area (TPSA) is 165 Å². The Hall–Kier alpha value is -6.68. The number of nitrogens with one attached hydrogen (secondary N) is 4. The van der Waals surface area contributed by atoms with E-state index in [1.54, 1.807) is 4.90 Å². The molecule has 4 N–H and O–H groups in total. The first-order chi connectivity index (χ1) is 27.2. The largest absolute Gasteiger partial charge is 0.453 e. The number of aromatic amines is 2. The molecule has 56 heavy (non-hydrogen) atoms. The van der Waals surface area contributed by atoms with Crippen LogP contribution in [0.25, 0.3) is 32.8 Å². The van der Waals surface area contributed by atoms with Crippen LogP contribution in [-0.4, -0.2) is 80.3 Å². The summed E-state index contributed by atoms with van der Waals surface area (Å²) in [6, 6.07) is 24.2. The lowest BCUT2D eigenvalue weighted by molar-refractivity contribution is -0.140. The second-order valence-electron chi connectivity index (χ2n) is 13.9. The van der Waals surface area contributed by atoms with E-state index >= 15 is 0 Å². The van der Waals surface area contributed by atoms with E-state index < -0.39 is 12.1 Å². The van der Waals surface area contributed by atoms with Crippen LogP contribution in [-0.2, 0) is 25.7 Å². The van der Waals surface area contributed by atoms with E-state index in [9.17, 15) is 19.2 Å². The molecule has 286 valence electrons. The number of likely N-dealkylation sites (tertiary alicyclic amines) is 1. The number of rotatable bonds is 10. The number of amides is 4. The third-order valence-electron chi connectivity index (χ3n) is 9.95. The predicted octanol–water partition coefficient (Wildman–Crippen LogP) is 6.02. The van der Waals surface area contributed by atoms with E-state index in [0.717, 1.165) is 81.0 Å². The molecule has 2 aromatic heterocycles. The van der Waals surface area contributed by atoms with Gasteiger partial charge in [0.15, 0.2) is 0 Å². The number of piperidine rings is 1. The molecule has 3 heterocycles. The zero-order valence-corrected chi connectivity index (χ0v) is 31.6. The van der Waals surface area contributed by atoms with Crippen LogP contribution in [0, 0.1) is 11.8 Å². The summed E-state index contributed by atoms with van der Waals surface area (Å²) in [6.45, 7) is 4.63. The zero-order valence-electron chi connectivity index (χ0n) is 31.6. The van der Waals surface area contributed by atoms with Gasteiger partial charge in [-0.05, 0) is 73.0 Å². The number of aromatic nitrogens is 4. The number of methoxy groups -OCH3 is 1. The number of imidazole rings is 2. The summed E-state index contributed by atoms with van der Waals surface area (Å²) in [4.78, 5) is 70.5. The molecule has 1 aliphatic rings. The predicted molar refractivity (Wildman–Crippen MR) is 213 cm³/mol. The quantitative estimate of drug-likeness (QED) is 0.124. The van der Waals surface area contributed by atoms with Crippen LogP contribution in [0.2, 0.25) is 0 Å². The van der Waals surface area contributed by atoms with E-state index in [0.29, 0.717) is 18.9 Å². The van der Waals surface area contributed by atoms with Crippen LogP contribution < -0.4 is 10.6 Å². The lowest BCUT2D eigenvalue weighted by Crippen LogP contribution is -2.46. The summed E-state index contributed by atoms with van der Waals surface area (Å²) in [5.74, 6) is 7.30. The smallest absolute Gasteiger partial charge is 0.407 e. The van der Waals surface area contributed by atoms with Gasteiger partial charge in [0.2, 0.25) is 17.7 Å². The highest BCUT2D eigenvalue weighted by atomic mass is 16.5. The number of hydrogen-bond acceptors (Lipinski definition) is 7. The molecular formula is C43H44N8O5. The maximum atomic E-state index is 14.1. The van der Waals surface area contributed by atoms with Gasteiger partial charge in [0.25, 0.3) is 0 Å². The monoisotopic (exact) mass is 752 g/mol. The summed E-state index contributed by atoms with van der Waals surface area (Å²) in [5.41, 5.74) is 5.69. The minimum atomic E-state index is -0.777. The molecular weight excluding hydrogens is 709 g/mol. The van der Waals surface area contributed by atoms with Gasteiger partial charge in [0, 0.05) is 36.5 Å². The molecule has 2 atom stereocenters. The molecule has 0 spiro atoms. The summed E-state index contributed by atoms with van der Waals surface area (Å²) >= 11 is 0. The van der Waals surface area contributed by atoms with Gasteiger partial charge in [-0.2, -0.15) is 0 Å². The van der Waals surface area contributed by atoms with Crippen molar-refractivity contribution in [1.82, 2.24) is 40.4 Å². The fourth-order valence-corrected chi connectivity index (χ4v) is 7.27. The van der Waals surface area contributed by atoms with E-state index in [1.165, 1.54) is 14.0 Å². The van der Waals surface area contributed by atoms with Crippen molar-refractivity contribution in [3.05, 3.63) is 107 Å². The maximum Gasteiger partial charge on any atom is 0.407 e. The molecule has 0 bridgehead atoms. The number of fused-ring (bicyclic) bond motifs is 4. The Balaban J connectivity index is 1.09. The lowest BCUT2D eigenvalue weighted by atomic mass is 9.98. The van der Waals surface area contributed by atoms with Gasteiger partial charge in [-0.1, -0.05) is 61.2 Å². The Morgan fingerprint density at radius 2 is 1.73 bits per heavy atom. The number of H-pyrrole nitrogens is 2. The molecule has 2 unspecified atom stereocenters. The van der Waals surface area contributed by atoms with Crippen LogP contribution in [0.5, 0.6) is 0 Å². The normalized spacial score (nSPS) is 14.6. The second-order valence-corrected chi connectivity index (χ2v) is 13.9. The van der Waals surface area contributed by atoms with Gasteiger partial charge in [0.05, 0.1) is 41.8 Å². The third kappa shape index (κ3) is 8.34. The number of carbonyl (C=O) groups is 4. The molecule has 4 aromatic carbocycles. The minimum absolute atomic E-state index is 0.145. The van der Waals surface area contributed by atoms with Gasteiger partial charge >= 0.3 is 6.09 Å². The highest BCUT2D eigenvalue weighted by Gasteiger charge is 2.35. The van der Waals surface area contributed by atoms with Gasteiger partial charge in [-0.25, -0.2) is 14.8 Å². The maximum absolute atomic E-state index is 14.1. The Bertz CT molecular complexity index is 2480. The molecule has 1 aliphatic heterocycles. The average molecular weight is 753 g/mol. The summed E-state index contributed by atoms with van der Waals surface area (Å²) in [5, 5.41) is 7.29. The Kier molecular flexibility index (Phi) is 11.3. The van der Waals surface area contributed by atoms with Crippen LogP contribution in [0.4, 0.5) is 4.79 Å². The van der Waals surface area contributed by atoms with E-state index in [-0.39, 0.29) is 36.9 Å². The van der Waals surface area contributed by atoms with Crippen molar-refractivity contribution in [3.8, 4) is 11.8 Å². The highest BCUT2D eigenvalue weighted by Crippen LogP contribution is 2.34. The van der Waals surface area contributed by atoms with Crippen molar-refractivity contribution in [2.75, 3.05) is 26.7 Å². The fraction of sp³-hybridized carbons (Fsp3) is 0.302. The van der Waals surface area contributed by atoms with Crippen LogP contribution in [0.15, 0.2) is 78.9 Å². The van der Waals surface area contributed by atoms with Crippen LogP contribution in [0.3, 0.4) is 0 Å². The summed E-state index contributed by atoms with van der Waals surface area (Å²) in [6.07, 6.45) is 2.72. The molecule has 4 amide bonds. The standard InChI is InChI=1S/C43H44N8O5/c1-4-21-50(38(53)25-44-43(55)56-3)26-37-46-33-19-16-29(24-35(33)47-37)14-13-28-15-18-32-31(23-28)17-20-34-40(32)49-41(48-34)36-12-8-9-22-51(36)42(54)39(45-27(2)52)30-10-6-5-7-11-30/h5-7,10-11,15-20,23-24,36,39H,4,8-9,12,21-22,25-26H2,1-3H3,(H,44,55)(H,45,52)(H,46,47)(H,48,49). The first-order valence-corrected chi connectivity index (χ1v) is 18.9. The average Bonchev–Trinajstić information content (AvgIpc) is 3.84. The molecule has 13 nitrogen and oxygen atoms in total. The van der Waals surface area contributed by atoms with Gasteiger partial charge in [-0.15, -0.1) is 0 Å². The lowest BCUT2D eigenvalue weighted by Gasteiger charge is -2.37. The molecule has 1 fully saturated rings. The summed E-state index contributed by atoms with van der Waals surface area (Å²) in [7, 11) is 1.25.